The Kier molecular flexibility index (Phi) is 8.76. The molecule has 0 spiro atoms. The topological polar surface area (TPSA) is 48.9 Å². The Morgan fingerprint density at radius 3 is 2.38 bits per heavy atom. The van der Waals surface area contributed by atoms with Gasteiger partial charge in [-0.2, -0.15) is 0 Å². The van der Waals surface area contributed by atoms with Gasteiger partial charge in [-0.3, -0.25) is 9.69 Å². The fourth-order valence-electron chi connectivity index (χ4n) is 4.71. The van der Waals surface area contributed by atoms with Gasteiger partial charge in [0.1, 0.15) is 22.3 Å². The standard InChI is InChI=1S/C30H30ClFN4O2S/c1-38-27-11-9-26(10-12-27)35-13-15-36(16-14-35)30(37)28-21-39-29(33-28)20-34(18-22-5-7-25(32)8-6-22)19-23-3-2-4-24(31)17-23/h2-12,17,21H,13-16,18-20H2,1H3. The van der Waals surface area contributed by atoms with Crippen LogP contribution in [0, 0.1) is 5.82 Å². The lowest BCUT2D eigenvalue weighted by molar-refractivity contribution is 0.0741. The summed E-state index contributed by atoms with van der Waals surface area (Å²) in [6.45, 7) is 4.64. The molecule has 1 aliphatic rings. The van der Waals surface area contributed by atoms with Gasteiger partial charge in [0.05, 0.1) is 13.7 Å². The molecule has 1 aliphatic heterocycles. The van der Waals surface area contributed by atoms with Crippen molar-refractivity contribution in [2.24, 2.45) is 0 Å². The first kappa shape index (κ1) is 27.1. The summed E-state index contributed by atoms with van der Waals surface area (Å²) in [4.78, 5) is 24.3. The van der Waals surface area contributed by atoms with E-state index in [0.717, 1.165) is 40.7 Å². The van der Waals surface area contributed by atoms with E-state index in [2.05, 4.69) is 9.80 Å². The fraction of sp³-hybridized carbons (Fsp3) is 0.267. The molecule has 0 aliphatic carbocycles. The molecule has 9 heteroatoms. The predicted molar refractivity (Wildman–Crippen MR) is 154 cm³/mol. The number of carbonyl (C=O) groups excluding carboxylic acids is 1. The summed E-state index contributed by atoms with van der Waals surface area (Å²) in [5.74, 6) is 0.538. The quantitative estimate of drug-likeness (QED) is 0.245. The molecule has 6 nitrogen and oxygen atoms in total. The number of hydrogen-bond acceptors (Lipinski definition) is 6. The van der Waals surface area contributed by atoms with Gasteiger partial charge in [0, 0.05) is 55.4 Å². The number of hydrogen-bond donors (Lipinski definition) is 0. The molecule has 1 amide bonds. The van der Waals surface area contributed by atoms with Crippen molar-refractivity contribution in [3.05, 3.63) is 111 Å². The Labute approximate surface area is 237 Å². The Balaban J connectivity index is 1.22. The highest BCUT2D eigenvalue weighted by molar-refractivity contribution is 7.09. The van der Waals surface area contributed by atoms with E-state index in [1.807, 2.05) is 58.8 Å². The van der Waals surface area contributed by atoms with Crippen LogP contribution in [0.1, 0.15) is 26.6 Å². The molecular weight excluding hydrogens is 535 g/mol. The number of rotatable bonds is 9. The maximum atomic E-state index is 13.5. The Morgan fingerprint density at radius 1 is 0.974 bits per heavy atom. The minimum Gasteiger partial charge on any atom is -0.497 e. The van der Waals surface area contributed by atoms with Gasteiger partial charge in [-0.15, -0.1) is 11.3 Å². The lowest BCUT2D eigenvalue weighted by Gasteiger charge is -2.35. The molecule has 0 bridgehead atoms. The van der Waals surface area contributed by atoms with Crippen LogP contribution in [0.3, 0.4) is 0 Å². The molecule has 2 heterocycles. The predicted octanol–water partition coefficient (Wildman–Crippen LogP) is 6.11. The highest BCUT2D eigenvalue weighted by Crippen LogP contribution is 2.23. The van der Waals surface area contributed by atoms with Crippen molar-refractivity contribution in [3.63, 3.8) is 0 Å². The van der Waals surface area contributed by atoms with E-state index >= 15 is 0 Å². The number of methoxy groups -OCH3 is 1. The summed E-state index contributed by atoms with van der Waals surface area (Å²) in [5, 5.41) is 3.39. The fourth-order valence-corrected chi connectivity index (χ4v) is 5.73. The van der Waals surface area contributed by atoms with Gasteiger partial charge in [0.25, 0.3) is 5.91 Å². The van der Waals surface area contributed by atoms with Crippen molar-refractivity contribution in [2.75, 3.05) is 38.2 Å². The normalized spacial score (nSPS) is 13.6. The lowest BCUT2D eigenvalue weighted by atomic mass is 10.1. The highest BCUT2D eigenvalue weighted by atomic mass is 35.5. The Morgan fingerprint density at radius 2 is 1.69 bits per heavy atom. The zero-order valence-electron chi connectivity index (χ0n) is 21.7. The maximum absolute atomic E-state index is 13.5. The summed E-state index contributed by atoms with van der Waals surface area (Å²) in [7, 11) is 1.66. The highest BCUT2D eigenvalue weighted by Gasteiger charge is 2.24. The zero-order valence-corrected chi connectivity index (χ0v) is 23.3. The van der Waals surface area contributed by atoms with Crippen molar-refractivity contribution >= 4 is 34.5 Å². The first-order valence-electron chi connectivity index (χ1n) is 12.8. The minimum absolute atomic E-state index is 0.0354. The molecule has 5 rings (SSSR count). The van der Waals surface area contributed by atoms with Crippen LogP contribution in [0.5, 0.6) is 5.75 Å². The first-order valence-corrected chi connectivity index (χ1v) is 14.1. The SMILES string of the molecule is COc1ccc(N2CCN(C(=O)c3csc(CN(Cc4ccc(F)cc4)Cc4cccc(Cl)c4)n3)CC2)cc1. The van der Waals surface area contributed by atoms with Crippen molar-refractivity contribution in [1.29, 1.82) is 0 Å². The molecule has 0 N–H and O–H groups in total. The number of aromatic nitrogens is 1. The van der Waals surface area contributed by atoms with Crippen LogP contribution in [0.2, 0.25) is 5.02 Å². The van der Waals surface area contributed by atoms with Crippen LogP contribution < -0.4 is 9.64 Å². The van der Waals surface area contributed by atoms with Gasteiger partial charge in [0.15, 0.2) is 0 Å². The third kappa shape index (κ3) is 7.15. The molecule has 0 atom stereocenters. The van der Waals surface area contributed by atoms with Gasteiger partial charge in [-0.25, -0.2) is 9.37 Å². The summed E-state index contributed by atoms with van der Waals surface area (Å²) >= 11 is 7.70. The van der Waals surface area contributed by atoms with E-state index in [1.165, 1.54) is 23.5 Å². The van der Waals surface area contributed by atoms with Gasteiger partial charge in [-0.1, -0.05) is 35.9 Å². The number of anilines is 1. The smallest absolute Gasteiger partial charge is 0.273 e. The largest absolute Gasteiger partial charge is 0.497 e. The third-order valence-electron chi connectivity index (χ3n) is 6.75. The number of amides is 1. The summed E-state index contributed by atoms with van der Waals surface area (Å²) in [6.07, 6.45) is 0. The average Bonchev–Trinajstić information content (AvgIpc) is 3.42. The molecule has 202 valence electrons. The third-order valence-corrected chi connectivity index (χ3v) is 7.82. The van der Waals surface area contributed by atoms with Crippen LogP contribution in [-0.4, -0.2) is 54.0 Å². The van der Waals surface area contributed by atoms with Gasteiger partial charge in [-0.05, 0) is 59.7 Å². The van der Waals surface area contributed by atoms with E-state index in [0.29, 0.717) is 43.4 Å². The maximum Gasteiger partial charge on any atom is 0.273 e. The van der Waals surface area contributed by atoms with E-state index in [4.69, 9.17) is 21.3 Å². The van der Waals surface area contributed by atoms with Crippen LogP contribution in [-0.2, 0) is 19.6 Å². The second-order valence-electron chi connectivity index (χ2n) is 9.51. The van der Waals surface area contributed by atoms with Gasteiger partial charge < -0.3 is 14.5 Å². The molecule has 0 radical (unpaired) electrons. The molecule has 3 aromatic carbocycles. The van der Waals surface area contributed by atoms with Crippen molar-refractivity contribution in [3.8, 4) is 5.75 Å². The second kappa shape index (κ2) is 12.6. The van der Waals surface area contributed by atoms with E-state index in [1.54, 1.807) is 19.2 Å². The molecule has 39 heavy (non-hydrogen) atoms. The Hall–Kier alpha value is -3.46. The minimum atomic E-state index is -0.256. The average molecular weight is 565 g/mol. The van der Waals surface area contributed by atoms with Crippen LogP contribution in [0.15, 0.2) is 78.2 Å². The number of thiazole rings is 1. The van der Waals surface area contributed by atoms with E-state index < -0.39 is 0 Å². The molecule has 1 saturated heterocycles. The van der Waals surface area contributed by atoms with Crippen LogP contribution in [0.4, 0.5) is 10.1 Å². The number of carbonyl (C=O) groups is 1. The van der Waals surface area contributed by atoms with Crippen LogP contribution >= 0.6 is 22.9 Å². The van der Waals surface area contributed by atoms with Crippen LogP contribution in [0.25, 0.3) is 0 Å². The summed E-state index contributed by atoms with van der Waals surface area (Å²) in [5.41, 5.74) is 3.69. The van der Waals surface area contributed by atoms with Crippen molar-refractivity contribution in [2.45, 2.75) is 19.6 Å². The number of halogens is 2. The molecule has 1 fully saturated rings. The van der Waals surface area contributed by atoms with E-state index in [9.17, 15) is 9.18 Å². The molecule has 0 saturated carbocycles. The number of ether oxygens (including phenoxy) is 1. The lowest BCUT2D eigenvalue weighted by Crippen LogP contribution is -2.48. The number of piperazine rings is 1. The second-order valence-corrected chi connectivity index (χ2v) is 10.9. The Bertz CT molecular complexity index is 1390. The summed E-state index contributed by atoms with van der Waals surface area (Å²) in [6, 6.07) is 22.3. The molecule has 1 aromatic heterocycles. The van der Waals surface area contributed by atoms with Gasteiger partial charge >= 0.3 is 0 Å². The molecule has 4 aromatic rings. The number of benzene rings is 3. The number of nitrogens with zero attached hydrogens (tertiary/aromatic N) is 4. The monoisotopic (exact) mass is 564 g/mol. The molecular formula is C30H30ClFN4O2S. The van der Waals surface area contributed by atoms with E-state index in [-0.39, 0.29) is 11.7 Å². The summed E-state index contributed by atoms with van der Waals surface area (Å²) < 4.78 is 18.7. The van der Waals surface area contributed by atoms with Gasteiger partial charge in [0.2, 0.25) is 0 Å². The zero-order chi connectivity index (χ0) is 27.2. The molecule has 0 unspecified atom stereocenters. The first-order chi connectivity index (χ1) is 19.0. The van der Waals surface area contributed by atoms with Crippen molar-refractivity contribution in [1.82, 2.24) is 14.8 Å². The van der Waals surface area contributed by atoms with Crippen molar-refractivity contribution < 1.29 is 13.9 Å².